The Morgan fingerprint density at radius 2 is 2.20 bits per heavy atom. The molecule has 0 aliphatic carbocycles. The van der Waals surface area contributed by atoms with Gasteiger partial charge in [0, 0.05) is 32.3 Å². The summed E-state index contributed by atoms with van der Waals surface area (Å²) >= 11 is 0. The highest BCUT2D eigenvalue weighted by atomic mass is 16.5. The van der Waals surface area contributed by atoms with Gasteiger partial charge in [-0.25, -0.2) is 15.8 Å². The lowest BCUT2D eigenvalue weighted by atomic mass is 10.1. The number of hydrogen-bond acceptors (Lipinski definition) is 7. The molecule has 2 heterocycles. The van der Waals surface area contributed by atoms with E-state index in [1.165, 1.54) is 0 Å². The van der Waals surface area contributed by atoms with Crippen LogP contribution in [0, 0.1) is 5.92 Å². The molecule has 1 aromatic heterocycles. The Balaban J connectivity index is 2.22. The Morgan fingerprint density at radius 3 is 2.75 bits per heavy atom. The minimum atomic E-state index is 0.378. The summed E-state index contributed by atoms with van der Waals surface area (Å²) in [5.74, 6) is 8.23. The molecular weight excluding hydrogens is 256 g/mol. The number of nitrogen functional groups attached to an aromatic ring is 1. The molecule has 0 radical (unpaired) electrons. The van der Waals surface area contributed by atoms with Crippen molar-refractivity contribution in [2.45, 2.75) is 19.6 Å². The summed E-state index contributed by atoms with van der Waals surface area (Å²) in [6.07, 6.45) is 0. The smallest absolute Gasteiger partial charge is 0.158 e. The third-order valence-electron chi connectivity index (χ3n) is 3.74. The van der Waals surface area contributed by atoms with Gasteiger partial charge in [-0.3, -0.25) is 0 Å². The van der Waals surface area contributed by atoms with Crippen LogP contribution in [-0.2, 0) is 11.3 Å². The minimum Gasteiger partial charge on any atom is -0.377 e. The maximum Gasteiger partial charge on any atom is 0.158 e. The van der Waals surface area contributed by atoms with Crippen LogP contribution in [-0.4, -0.2) is 55.2 Å². The highest BCUT2D eigenvalue weighted by molar-refractivity contribution is 5.50. The fourth-order valence-corrected chi connectivity index (χ4v) is 2.72. The van der Waals surface area contributed by atoms with E-state index in [2.05, 4.69) is 46.2 Å². The lowest BCUT2D eigenvalue weighted by molar-refractivity contribution is 0.178. The molecule has 1 aromatic rings. The van der Waals surface area contributed by atoms with Crippen molar-refractivity contribution in [3.8, 4) is 0 Å². The van der Waals surface area contributed by atoms with Crippen LogP contribution in [0.1, 0.15) is 12.7 Å². The van der Waals surface area contributed by atoms with Gasteiger partial charge in [-0.15, -0.1) is 0 Å². The second kappa shape index (κ2) is 6.34. The summed E-state index contributed by atoms with van der Waals surface area (Å²) in [5.41, 5.74) is 2.59. The van der Waals surface area contributed by atoms with Crippen molar-refractivity contribution in [1.29, 1.82) is 0 Å². The molecule has 7 nitrogen and oxygen atoms in total. The molecular formula is C13H24N6O. The average Bonchev–Trinajstić information content (AvgIpc) is 2.81. The summed E-state index contributed by atoms with van der Waals surface area (Å²) in [6.45, 7) is 4.59. The minimum absolute atomic E-state index is 0.378. The molecule has 3 N–H and O–H groups in total. The Hall–Kier alpha value is -1.44. The third kappa shape index (κ3) is 3.17. The zero-order valence-electron chi connectivity index (χ0n) is 12.6. The van der Waals surface area contributed by atoms with Crippen LogP contribution in [0.5, 0.6) is 0 Å². The molecule has 112 valence electrons. The SMILES string of the molecule is COCc1nc(NN)cc(N2CC(C)C(N(C)C)C2)n1. The number of nitrogens with two attached hydrogens (primary N) is 1. The van der Waals surface area contributed by atoms with Gasteiger partial charge in [0.2, 0.25) is 0 Å². The number of rotatable bonds is 5. The van der Waals surface area contributed by atoms with Gasteiger partial charge in [0.05, 0.1) is 0 Å². The Morgan fingerprint density at radius 1 is 1.45 bits per heavy atom. The van der Waals surface area contributed by atoms with E-state index >= 15 is 0 Å². The van der Waals surface area contributed by atoms with Gasteiger partial charge >= 0.3 is 0 Å². The molecule has 0 spiro atoms. The van der Waals surface area contributed by atoms with Crippen molar-refractivity contribution in [2.24, 2.45) is 11.8 Å². The van der Waals surface area contributed by atoms with Gasteiger partial charge in [0.15, 0.2) is 5.82 Å². The maximum atomic E-state index is 5.48. The van der Waals surface area contributed by atoms with E-state index < -0.39 is 0 Å². The van der Waals surface area contributed by atoms with E-state index in [9.17, 15) is 0 Å². The number of methoxy groups -OCH3 is 1. The van der Waals surface area contributed by atoms with Crippen LogP contribution in [0.25, 0.3) is 0 Å². The van der Waals surface area contributed by atoms with Crippen LogP contribution < -0.4 is 16.2 Å². The Bertz CT molecular complexity index is 452. The molecule has 20 heavy (non-hydrogen) atoms. The normalized spacial score (nSPS) is 22.6. The number of hydrazine groups is 1. The van der Waals surface area contributed by atoms with Crippen molar-refractivity contribution in [3.05, 3.63) is 11.9 Å². The summed E-state index contributed by atoms with van der Waals surface area (Å²) in [6, 6.07) is 2.41. The molecule has 1 aliphatic heterocycles. The van der Waals surface area contributed by atoms with Gasteiger partial charge in [-0.05, 0) is 20.0 Å². The van der Waals surface area contributed by atoms with E-state index in [0.29, 0.717) is 30.2 Å². The van der Waals surface area contributed by atoms with Gasteiger partial charge in [0.25, 0.3) is 0 Å². The van der Waals surface area contributed by atoms with Crippen molar-refractivity contribution in [2.75, 3.05) is 44.6 Å². The molecule has 0 amide bonds. The maximum absolute atomic E-state index is 5.48. The molecule has 7 heteroatoms. The van der Waals surface area contributed by atoms with E-state index in [0.717, 1.165) is 18.9 Å². The van der Waals surface area contributed by atoms with Crippen LogP contribution >= 0.6 is 0 Å². The third-order valence-corrected chi connectivity index (χ3v) is 3.74. The number of nitrogens with one attached hydrogen (secondary N) is 1. The summed E-state index contributed by atoms with van der Waals surface area (Å²) in [7, 11) is 5.87. The van der Waals surface area contributed by atoms with E-state index in [-0.39, 0.29) is 0 Å². The predicted octanol–water partition coefficient (Wildman–Crippen LogP) is 0.295. The molecule has 2 unspecified atom stereocenters. The monoisotopic (exact) mass is 280 g/mol. The summed E-state index contributed by atoms with van der Waals surface area (Å²) in [5, 5.41) is 0. The number of hydrogen-bond donors (Lipinski definition) is 2. The molecule has 1 fully saturated rings. The second-order valence-corrected chi connectivity index (χ2v) is 5.52. The van der Waals surface area contributed by atoms with E-state index in [1.807, 2.05) is 6.07 Å². The number of ether oxygens (including phenoxy) is 1. The lowest BCUT2D eigenvalue weighted by Gasteiger charge is -2.23. The molecule has 0 bridgehead atoms. The topological polar surface area (TPSA) is 79.5 Å². The fourth-order valence-electron chi connectivity index (χ4n) is 2.72. The van der Waals surface area contributed by atoms with Crippen LogP contribution in [0.15, 0.2) is 6.07 Å². The first kappa shape index (κ1) is 15.0. The van der Waals surface area contributed by atoms with Crippen molar-refractivity contribution < 1.29 is 4.74 Å². The summed E-state index contributed by atoms with van der Waals surface area (Å²) < 4.78 is 5.11. The fraction of sp³-hybridized carbons (Fsp3) is 0.692. The van der Waals surface area contributed by atoms with Gasteiger partial charge in [-0.1, -0.05) is 6.92 Å². The number of likely N-dealkylation sites (N-methyl/N-ethyl adjacent to an activating group) is 1. The first-order chi connectivity index (χ1) is 9.55. The van der Waals surface area contributed by atoms with Crippen LogP contribution in [0.3, 0.4) is 0 Å². The summed E-state index contributed by atoms with van der Waals surface area (Å²) in [4.78, 5) is 13.4. The quantitative estimate of drug-likeness (QED) is 0.593. The molecule has 1 aliphatic rings. The molecule has 2 atom stereocenters. The largest absolute Gasteiger partial charge is 0.377 e. The molecule has 0 saturated carbocycles. The highest BCUT2D eigenvalue weighted by Gasteiger charge is 2.32. The van der Waals surface area contributed by atoms with Gasteiger partial charge in [0.1, 0.15) is 18.2 Å². The Labute approximate surface area is 120 Å². The van der Waals surface area contributed by atoms with Gasteiger partial charge < -0.3 is 20.0 Å². The van der Waals surface area contributed by atoms with Crippen LogP contribution in [0.4, 0.5) is 11.6 Å². The first-order valence-corrected chi connectivity index (χ1v) is 6.80. The van der Waals surface area contributed by atoms with Crippen molar-refractivity contribution >= 4 is 11.6 Å². The zero-order valence-corrected chi connectivity index (χ0v) is 12.6. The molecule has 1 saturated heterocycles. The highest BCUT2D eigenvalue weighted by Crippen LogP contribution is 2.26. The van der Waals surface area contributed by atoms with Gasteiger partial charge in [-0.2, -0.15) is 0 Å². The number of aromatic nitrogens is 2. The standard InChI is InChI=1S/C13H24N6O/c1-9-6-19(7-10(9)18(2)3)13-5-11(17-14)15-12(16-13)8-20-4/h5,9-10H,6-8,14H2,1-4H3,(H,15,16,17). The first-order valence-electron chi connectivity index (χ1n) is 6.80. The second-order valence-electron chi connectivity index (χ2n) is 5.52. The van der Waals surface area contributed by atoms with Crippen molar-refractivity contribution in [3.63, 3.8) is 0 Å². The molecule has 0 aromatic carbocycles. The van der Waals surface area contributed by atoms with Crippen LogP contribution in [0.2, 0.25) is 0 Å². The van der Waals surface area contributed by atoms with E-state index in [1.54, 1.807) is 7.11 Å². The predicted molar refractivity (Wildman–Crippen MR) is 79.4 cm³/mol. The van der Waals surface area contributed by atoms with E-state index in [4.69, 9.17) is 10.6 Å². The number of anilines is 2. The molecule has 2 rings (SSSR count). The van der Waals surface area contributed by atoms with Crippen molar-refractivity contribution in [1.82, 2.24) is 14.9 Å². The zero-order chi connectivity index (χ0) is 14.7. The number of nitrogens with zero attached hydrogens (tertiary/aromatic N) is 4. The Kier molecular flexibility index (Phi) is 4.74. The lowest BCUT2D eigenvalue weighted by Crippen LogP contribution is -2.34. The average molecular weight is 280 g/mol.